The minimum atomic E-state index is -0.876. The number of anilines is 1. The first kappa shape index (κ1) is 19.8. The van der Waals surface area contributed by atoms with Gasteiger partial charge in [0.25, 0.3) is 0 Å². The molecular formula is C20H18ClF2N3O3. The third-order valence-electron chi connectivity index (χ3n) is 4.74. The normalized spacial score (nSPS) is 19.0. The van der Waals surface area contributed by atoms with Gasteiger partial charge in [0.05, 0.1) is 24.1 Å². The smallest absolute Gasteiger partial charge is 0.152 e. The first-order chi connectivity index (χ1) is 14.0. The quantitative estimate of drug-likeness (QED) is 0.627. The molecule has 1 saturated heterocycles. The van der Waals surface area contributed by atoms with Crippen molar-refractivity contribution in [3.8, 4) is 16.9 Å². The molecule has 0 amide bonds. The van der Waals surface area contributed by atoms with Crippen LogP contribution in [0, 0.1) is 11.6 Å². The van der Waals surface area contributed by atoms with Crippen LogP contribution in [0.1, 0.15) is 6.92 Å². The molecule has 0 unspecified atom stereocenters. The highest BCUT2D eigenvalue weighted by molar-refractivity contribution is 6.31. The van der Waals surface area contributed by atoms with Crippen LogP contribution in [-0.2, 0) is 9.47 Å². The second-order valence-corrected chi connectivity index (χ2v) is 6.88. The van der Waals surface area contributed by atoms with Gasteiger partial charge in [0.1, 0.15) is 34.8 Å². The summed E-state index contributed by atoms with van der Waals surface area (Å²) in [5.41, 5.74) is 6.95. The fourth-order valence-electron chi connectivity index (χ4n) is 3.37. The van der Waals surface area contributed by atoms with E-state index in [-0.39, 0.29) is 23.6 Å². The Bertz CT molecular complexity index is 1070. The van der Waals surface area contributed by atoms with Crippen molar-refractivity contribution in [3.05, 3.63) is 47.2 Å². The first-order valence-electron chi connectivity index (χ1n) is 9.04. The minimum absolute atomic E-state index is 0.0995. The molecule has 2 heterocycles. The van der Waals surface area contributed by atoms with Gasteiger partial charge in [-0.25, -0.2) is 18.7 Å². The molecule has 6 nitrogen and oxygen atoms in total. The molecule has 0 spiro atoms. The Labute approximate surface area is 170 Å². The summed E-state index contributed by atoms with van der Waals surface area (Å²) in [6, 6.07) is 5.68. The summed E-state index contributed by atoms with van der Waals surface area (Å²) in [7, 11) is 0. The number of nitrogens with two attached hydrogens (primary N) is 1. The lowest BCUT2D eigenvalue weighted by atomic mass is 10.0. The molecule has 0 bridgehead atoms. The summed E-state index contributed by atoms with van der Waals surface area (Å²) >= 11 is 5.75. The molecule has 2 atom stereocenters. The van der Waals surface area contributed by atoms with Crippen LogP contribution in [0.4, 0.5) is 14.6 Å². The average molecular weight is 422 g/mol. The zero-order valence-corrected chi connectivity index (χ0v) is 16.2. The predicted octanol–water partition coefficient (Wildman–Crippen LogP) is 3.99. The molecule has 9 heteroatoms. The number of rotatable bonds is 5. The van der Waals surface area contributed by atoms with Crippen molar-refractivity contribution in [2.24, 2.45) is 0 Å². The van der Waals surface area contributed by atoms with Gasteiger partial charge in [-0.3, -0.25) is 0 Å². The molecular weight excluding hydrogens is 404 g/mol. The van der Waals surface area contributed by atoms with Gasteiger partial charge in [0.2, 0.25) is 0 Å². The standard InChI is InChI=1S/C20H18ClF2N3O3/c1-2-28-14-7-27-8-15(14)29-13-6-4-11(19-16(13)20(24)26-9-25-19)10-3-5-12(22)17(21)18(10)23/h3-6,9,14-15H,2,7-8H2,1H3,(H2,24,25,26)/t14-,15-/m0/s1. The summed E-state index contributed by atoms with van der Waals surface area (Å²) in [6.45, 7) is 3.22. The van der Waals surface area contributed by atoms with Gasteiger partial charge in [-0.05, 0) is 31.2 Å². The topological polar surface area (TPSA) is 79.5 Å². The van der Waals surface area contributed by atoms with Gasteiger partial charge < -0.3 is 19.9 Å². The largest absolute Gasteiger partial charge is 0.484 e. The van der Waals surface area contributed by atoms with Gasteiger partial charge in [0, 0.05) is 17.7 Å². The number of hydrogen-bond acceptors (Lipinski definition) is 6. The maximum Gasteiger partial charge on any atom is 0.152 e. The maximum atomic E-state index is 14.6. The van der Waals surface area contributed by atoms with Crippen LogP contribution in [0.15, 0.2) is 30.6 Å². The Morgan fingerprint density at radius 1 is 1.14 bits per heavy atom. The van der Waals surface area contributed by atoms with Crippen LogP contribution in [-0.4, -0.2) is 42.0 Å². The molecule has 0 aliphatic carbocycles. The number of aromatic nitrogens is 2. The Kier molecular flexibility index (Phi) is 5.49. The Morgan fingerprint density at radius 2 is 1.90 bits per heavy atom. The number of hydrogen-bond donors (Lipinski definition) is 1. The van der Waals surface area contributed by atoms with Crippen molar-refractivity contribution in [1.29, 1.82) is 0 Å². The van der Waals surface area contributed by atoms with Crippen LogP contribution in [0.3, 0.4) is 0 Å². The molecule has 0 saturated carbocycles. The highest BCUT2D eigenvalue weighted by Crippen LogP contribution is 2.39. The summed E-state index contributed by atoms with van der Waals surface area (Å²) in [5.74, 6) is -1.11. The molecule has 152 valence electrons. The van der Waals surface area contributed by atoms with Crippen LogP contribution >= 0.6 is 11.6 Å². The molecule has 1 aromatic heterocycles. The van der Waals surface area contributed by atoms with Gasteiger partial charge >= 0.3 is 0 Å². The zero-order chi connectivity index (χ0) is 20.5. The van der Waals surface area contributed by atoms with E-state index in [2.05, 4.69) is 9.97 Å². The number of halogens is 3. The van der Waals surface area contributed by atoms with Crippen molar-refractivity contribution in [2.45, 2.75) is 19.1 Å². The lowest BCUT2D eigenvalue weighted by Gasteiger charge is -2.21. The molecule has 1 fully saturated rings. The predicted molar refractivity (Wildman–Crippen MR) is 105 cm³/mol. The lowest BCUT2D eigenvalue weighted by molar-refractivity contribution is 0.00669. The second-order valence-electron chi connectivity index (χ2n) is 6.50. The lowest BCUT2D eigenvalue weighted by Crippen LogP contribution is -2.32. The zero-order valence-electron chi connectivity index (χ0n) is 15.5. The molecule has 0 radical (unpaired) electrons. The van der Waals surface area contributed by atoms with Crippen molar-refractivity contribution in [3.63, 3.8) is 0 Å². The number of benzene rings is 2. The average Bonchev–Trinajstić information content (AvgIpc) is 3.14. The highest BCUT2D eigenvalue weighted by Gasteiger charge is 2.31. The van der Waals surface area contributed by atoms with E-state index in [4.69, 9.17) is 31.5 Å². The van der Waals surface area contributed by atoms with Crippen LogP contribution in [0.5, 0.6) is 5.75 Å². The van der Waals surface area contributed by atoms with Crippen LogP contribution in [0.2, 0.25) is 5.02 Å². The summed E-state index contributed by atoms with van der Waals surface area (Å²) in [5, 5.41) is -0.160. The van der Waals surface area contributed by atoms with Gasteiger partial charge in [-0.1, -0.05) is 11.6 Å². The minimum Gasteiger partial charge on any atom is -0.484 e. The van der Waals surface area contributed by atoms with Gasteiger partial charge in [-0.2, -0.15) is 0 Å². The van der Waals surface area contributed by atoms with Crippen LogP contribution in [0.25, 0.3) is 22.0 Å². The van der Waals surface area contributed by atoms with Crippen molar-refractivity contribution >= 4 is 28.3 Å². The summed E-state index contributed by atoms with van der Waals surface area (Å²) < 4.78 is 45.4. The number of fused-ring (bicyclic) bond motifs is 1. The van der Waals surface area contributed by atoms with E-state index < -0.39 is 16.7 Å². The summed E-state index contributed by atoms with van der Waals surface area (Å²) in [6.07, 6.45) is 0.727. The Morgan fingerprint density at radius 3 is 2.69 bits per heavy atom. The molecule has 3 aromatic rings. The highest BCUT2D eigenvalue weighted by atomic mass is 35.5. The first-order valence-corrected chi connectivity index (χ1v) is 9.42. The molecule has 1 aliphatic heterocycles. The van der Waals surface area contributed by atoms with E-state index in [1.165, 1.54) is 12.4 Å². The fraction of sp³-hybridized carbons (Fsp3) is 0.300. The third kappa shape index (κ3) is 3.59. The van der Waals surface area contributed by atoms with Gasteiger partial charge in [0.15, 0.2) is 11.9 Å². The maximum absolute atomic E-state index is 14.6. The van der Waals surface area contributed by atoms with E-state index in [9.17, 15) is 8.78 Å². The molecule has 1 aliphatic rings. The molecule has 4 rings (SSSR count). The van der Waals surface area contributed by atoms with E-state index in [1.54, 1.807) is 12.1 Å². The van der Waals surface area contributed by atoms with Crippen molar-refractivity contribution < 1.29 is 23.0 Å². The monoisotopic (exact) mass is 421 g/mol. The van der Waals surface area contributed by atoms with Crippen molar-refractivity contribution in [2.75, 3.05) is 25.6 Å². The van der Waals surface area contributed by atoms with Crippen molar-refractivity contribution in [1.82, 2.24) is 9.97 Å². The second kappa shape index (κ2) is 8.06. The van der Waals surface area contributed by atoms with E-state index >= 15 is 0 Å². The number of nitrogen functional groups attached to an aromatic ring is 1. The SMILES string of the molecule is CCO[C@H]1COC[C@@H]1Oc1ccc(-c2ccc(F)c(Cl)c2F)c2ncnc(N)c12. The van der Waals surface area contributed by atoms with E-state index in [0.29, 0.717) is 42.0 Å². The number of nitrogens with zero attached hydrogens (tertiary/aromatic N) is 2. The van der Waals surface area contributed by atoms with Crippen LogP contribution < -0.4 is 10.5 Å². The number of ether oxygens (including phenoxy) is 3. The Hall–Kier alpha value is -2.55. The van der Waals surface area contributed by atoms with Gasteiger partial charge in [-0.15, -0.1) is 0 Å². The molecule has 29 heavy (non-hydrogen) atoms. The molecule has 2 aromatic carbocycles. The Balaban J connectivity index is 1.82. The molecule has 2 N–H and O–H groups in total. The van der Waals surface area contributed by atoms with E-state index in [1.807, 2.05) is 6.92 Å². The van der Waals surface area contributed by atoms with E-state index in [0.717, 1.165) is 6.07 Å². The summed E-state index contributed by atoms with van der Waals surface area (Å²) in [4.78, 5) is 8.30. The fourth-order valence-corrected chi connectivity index (χ4v) is 3.54. The third-order valence-corrected chi connectivity index (χ3v) is 5.09.